The maximum absolute atomic E-state index is 14.7. The van der Waals surface area contributed by atoms with E-state index in [4.69, 9.17) is 14.2 Å². The van der Waals surface area contributed by atoms with Crippen LogP contribution >= 0.6 is 0 Å². The van der Waals surface area contributed by atoms with Gasteiger partial charge in [-0.25, -0.2) is 22.0 Å². The molecule has 3 aliphatic rings. The molecule has 5 rings (SSSR count). The standard InChI is InChI=1S/C23H21F7O4/c1-2-3-4-5-21-10-31-23(32-11-21,33-12-21)13-6-15(24)19(16(25)7-13)22(29,30)34-14-8-17(26)20(28)18(27)9-14/h6-9H,2-5,10-12H2,1H3. The van der Waals surface area contributed by atoms with Crippen LogP contribution in [0.5, 0.6) is 5.75 Å². The van der Waals surface area contributed by atoms with Gasteiger partial charge < -0.3 is 18.9 Å². The predicted octanol–water partition coefficient (Wildman–Crippen LogP) is 6.26. The van der Waals surface area contributed by atoms with E-state index in [2.05, 4.69) is 11.7 Å². The summed E-state index contributed by atoms with van der Waals surface area (Å²) < 4.78 is 119. The van der Waals surface area contributed by atoms with Crippen LogP contribution in [0.1, 0.15) is 43.7 Å². The molecular weight excluding hydrogens is 473 g/mol. The molecule has 0 saturated carbocycles. The van der Waals surface area contributed by atoms with E-state index in [1.165, 1.54) is 0 Å². The maximum atomic E-state index is 14.7. The van der Waals surface area contributed by atoms with Crippen molar-refractivity contribution in [1.29, 1.82) is 0 Å². The normalized spacial score (nSPS) is 24.5. The van der Waals surface area contributed by atoms with Crippen LogP contribution in [0.15, 0.2) is 24.3 Å². The molecule has 3 fully saturated rings. The summed E-state index contributed by atoms with van der Waals surface area (Å²) in [5, 5.41) is 0. The zero-order chi connectivity index (χ0) is 24.7. The molecular formula is C23H21F7O4. The lowest BCUT2D eigenvalue weighted by molar-refractivity contribution is -0.480. The minimum Gasteiger partial charge on any atom is -0.429 e. The summed E-state index contributed by atoms with van der Waals surface area (Å²) in [5.41, 5.74) is -2.53. The summed E-state index contributed by atoms with van der Waals surface area (Å²) in [6, 6.07) is 1.36. The molecule has 0 spiro atoms. The molecule has 3 saturated heterocycles. The monoisotopic (exact) mass is 494 g/mol. The summed E-state index contributed by atoms with van der Waals surface area (Å²) in [6.45, 7) is 2.65. The van der Waals surface area contributed by atoms with Crippen LogP contribution in [0.25, 0.3) is 0 Å². The van der Waals surface area contributed by atoms with Crippen molar-refractivity contribution in [3.63, 3.8) is 0 Å². The third kappa shape index (κ3) is 4.48. The Bertz CT molecular complexity index is 1000. The van der Waals surface area contributed by atoms with Gasteiger partial charge in [0.15, 0.2) is 17.5 Å². The Morgan fingerprint density at radius 2 is 1.35 bits per heavy atom. The minimum absolute atomic E-state index is 0.127. The Hall–Kier alpha value is -2.37. The Morgan fingerprint density at radius 3 is 1.85 bits per heavy atom. The first kappa shape index (κ1) is 24.7. The summed E-state index contributed by atoms with van der Waals surface area (Å²) in [7, 11) is 0. The van der Waals surface area contributed by atoms with Gasteiger partial charge in [0, 0.05) is 23.1 Å². The second kappa shape index (κ2) is 9.01. The van der Waals surface area contributed by atoms with Crippen LogP contribution in [0.3, 0.4) is 0 Å². The highest BCUT2D eigenvalue weighted by atomic mass is 19.3. The highest BCUT2D eigenvalue weighted by molar-refractivity contribution is 5.33. The van der Waals surface area contributed by atoms with Crippen LogP contribution in [-0.4, -0.2) is 19.8 Å². The van der Waals surface area contributed by atoms with Crippen LogP contribution in [0.4, 0.5) is 30.7 Å². The molecule has 2 aromatic carbocycles. The highest BCUT2D eigenvalue weighted by Crippen LogP contribution is 2.47. The second-order valence-electron chi connectivity index (χ2n) is 8.51. The number of alkyl halides is 2. The molecule has 34 heavy (non-hydrogen) atoms. The fourth-order valence-electron chi connectivity index (χ4n) is 4.03. The van der Waals surface area contributed by atoms with E-state index >= 15 is 0 Å². The molecule has 0 radical (unpaired) electrons. The van der Waals surface area contributed by atoms with E-state index in [1.54, 1.807) is 0 Å². The topological polar surface area (TPSA) is 36.9 Å². The van der Waals surface area contributed by atoms with E-state index in [1.807, 2.05) is 0 Å². The Balaban J connectivity index is 1.56. The number of fused-ring (bicyclic) bond motifs is 3. The van der Waals surface area contributed by atoms with Gasteiger partial charge in [0.25, 0.3) is 0 Å². The van der Waals surface area contributed by atoms with Gasteiger partial charge in [-0.2, -0.15) is 8.78 Å². The summed E-state index contributed by atoms with van der Waals surface area (Å²) >= 11 is 0. The van der Waals surface area contributed by atoms with Gasteiger partial charge in [0.2, 0.25) is 0 Å². The quantitative estimate of drug-likeness (QED) is 0.247. The summed E-state index contributed by atoms with van der Waals surface area (Å²) in [6.07, 6.45) is -0.969. The predicted molar refractivity (Wildman–Crippen MR) is 103 cm³/mol. The maximum Gasteiger partial charge on any atom is 0.432 e. The first-order chi connectivity index (χ1) is 16.0. The number of ether oxygens (including phenoxy) is 4. The molecule has 0 aliphatic carbocycles. The van der Waals surface area contributed by atoms with Crippen molar-refractivity contribution in [3.8, 4) is 5.75 Å². The molecule has 186 valence electrons. The van der Waals surface area contributed by atoms with Gasteiger partial charge >= 0.3 is 12.1 Å². The average Bonchev–Trinajstić information content (AvgIpc) is 2.78. The van der Waals surface area contributed by atoms with E-state index in [9.17, 15) is 30.7 Å². The van der Waals surface area contributed by atoms with Gasteiger partial charge in [0.05, 0.1) is 19.8 Å². The van der Waals surface area contributed by atoms with Crippen molar-refractivity contribution in [2.45, 2.75) is 44.7 Å². The van der Waals surface area contributed by atoms with E-state index in [-0.39, 0.29) is 37.5 Å². The third-order valence-corrected chi connectivity index (χ3v) is 5.91. The van der Waals surface area contributed by atoms with Crippen LogP contribution < -0.4 is 4.74 Å². The highest BCUT2D eigenvalue weighted by Gasteiger charge is 2.54. The molecule has 11 heteroatoms. The molecule has 0 N–H and O–H groups in total. The molecule has 3 aliphatic heterocycles. The zero-order valence-corrected chi connectivity index (χ0v) is 18.0. The molecule has 0 atom stereocenters. The Morgan fingerprint density at radius 1 is 0.824 bits per heavy atom. The fraction of sp³-hybridized carbons (Fsp3) is 0.478. The van der Waals surface area contributed by atoms with Crippen molar-refractivity contribution >= 4 is 0 Å². The van der Waals surface area contributed by atoms with Crippen molar-refractivity contribution in [1.82, 2.24) is 0 Å². The largest absolute Gasteiger partial charge is 0.432 e. The van der Waals surface area contributed by atoms with Gasteiger partial charge in [-0.1, -0.05) is 26.2 Å². The van der Waals surface area contributed by atoms with Gasteiger partial charge in [-0.15, -0.1) is 0 Å². The zero-order valence-electron chi connectivity index (χ0n) is 18.0. The third-order valence-electron chi connectivity index (χ3n) is 5.91. The first-order valence-electron chi connectivity index (χ1n) is 10.6. The fourth-order valence-corrected chi connectivity index (χ4v) is 4.03. The van der Waals surface area contributed by atoms with Crippen LogP contribution in [0, 0.1) is 34.5 Å². The molecule has 2 bridgehead atoms. The number of hydrogen-bond donors (Lipinski definition) is 0. The molecule has 0 unspecified atom stereocenters. The molecule has 3 heterocycles. The smallest absolute Gasteiger partial charge is 0.429 e. The van der Waals surface area contributed by atoms with Gasteiger partial charge in [-0.05, 0) is 18.6 Å². The molecule has 0 amide bonds. The lowest BCUT2D eigenvalue weighted by atomic mass is 9.82. The molecule has 2 aromatic rings. The SMILES string of the molecule is CCCCCC12COC(c3cc(F)c(C(F)(F)Oc4cc(F)c(F)c(F)c4)c(F)c3)(OC1)OC2. The van der Waals surface area contributed by atoms with E-state index in [0.29, 0.717) is 12.1 Å². The second-order valence-corrected chi connectivity index (χ2v) is 8.51. The molecule has 4 nitrogen and oxygen atoms in total. The van der Waals surface area contributed by atoms with Gasteiger partial charge in [0.1, 0.15) is 22.9 Å². The first-order valence-corrected chi connectivity index (χ1v) is 10.6. The number of halogens is 7. The number of hydrogen-bond acceptors (Lipinski definition) is 4. The summed E-state index contributed by atoms with van der Waals surface area (Å²) in [4.78, 5) is 0. The minimum atomic E-state index is -4.70. The van der Waals surface area contributed by atoms with E-state index in [0.717, 1.165) is 25.7 Å². The number of benzene rings is 2. The molecule has 0 aromatic heterocycles. The van der Waals surface area contributed by atoms with E-state index < -0.39 is 57.9 Å². The van der Waals surface area contributed by atoms with Gasteiger partial charge in [-0.3, -0.25) is 0 Å². The average molecular weight is 494 g/mol. The lowest BCUT2D eigenvalue weighted by Crippen LogP contribution is -2.58. The van der Waals surface area contributed by atoms with Crippen molar-refractivity contribution in [2.24, 2.45) is 5.41 Å². The van der Waals surface area contributed by atoms with Crippen LogP contribution in [-0.2, 0) is 26.3 Å². The summed E-state index contributed by atoms with van der Waals surface area (Å²) in [5.74, 6) is -12.1. The van der Waals surface area contributed by atoms with Crippen molar-refractivity contribution < 1.29 is 49.7 Å². The van der Waals surface area contributed by atoms with Crippen LogP contribution in [0.2, 0.25) is 0 Å². The Labute approximate surface area is 190 Å². The lowest BCUT2D eigenvalue weighted by Gasteiger charge is -2.52. The van der Waals surface area contributed by atoms with Crippen molar-refractivity contribution in [2.75, 3.05) is 19.8 Å². The Kier molecular flexibility index (Phi) is 6.56. The number of unbranched alkanes of at least 4 members (excludes halogenated alkanes) is 2. The number of rotatable bonds is 8. The van der Waals surface area contributed by atoms with Crippen molar-refractivity contribution in [3.05, 3.63) is 64.5 Å².